The van der Waals surface area contributed by atoms with E-state index in [0.29, 0.717) is 5.56 Å². The Morgan fingerprint density at radius 1 is 1.12 bits per heavy atom. The number of amides is 1. The molecule has 2 saturated carbocycles. The maximum Gasteiger partial charge on any atom is 0.328 e. The number of hydrogen-bond donors (Lipinski definition) is 4. The monoisotopic (exact) mass is 460 g/mol. The number of hydrogen-bond acceptors (Lipinski definition) is 4. The van der Waals surface area contributed by atoms with Crippen LogP contribution in [0.15, 0.2) is 54.9 Å². The molecule has 2 aromatic carbocycles. The van der Waals surface area contributed by atoms with Crippen LogP contribution in [0.25, 0.3) is 16.7 Å². The highest BCUT2D eigenvalue weighted by atomic mass is 19.1. The Labute approximate surface area is 196 Å². The second kappa shape index (κ2) is 8.06. The van der Waals surface area contributed by atoms with Gasteiger partial charge in [-0.05, 0) is 68.4 Å². The summed E-state index contributed by atoms with van der Waals surface area (Å²) in [5, 5.41) is 16.5. The Morgan fingerprint density at radius 3 is 2.62 bits per heavy atom. The van der Waals surface area contributed by atoms with Crippen molar-refractivity contribution in [3.05, 3.63) is 71.8 Å². The van der Waals surface area contributed by atoms with Gasteiger partial charge in [-0.15, -0.1) is 0 Å². The van der Waals surface area contributed by atoms with Crippen molar-refractivity contribution in [3.63, 3.8) is 0 Å². The maximum atomic E-state index is 13.3. The Hall–Kier alpha value is -3.52. The fourth-order valence-corrected chi connectivity index (χ4v) is 5.03. The van der Waals surface area contributed by atoms with Gasteiger partial charge in [0.1, 0.15) is 23.7 Å². The number of carbonyl (C=O) groups is 1. The normalized spacial score (nSPS) is 21.5. The van der Waals surface area contributed by atoms with E-state index in [1.54, 1.807) is 18.2 Å². The predicted octanol–water partition coefficient (Wildman–Crippen LogP) is 3.58. The highest BCUT2D eigenvalue weighted by Crippen LogP contribution is 2.45. The van der Waals surface area contributed by atoms with Gasteiger partial charge in [0.15, 0.2) is 5.52 Å². The lowest BCUT2D eigenvalue weighted by atomic mass is 9.93. The van der Waals surface area contributed by atoms with E-state index in [9.17, 15) is 14.3 Å². The number of benzene rings is 2. The Morgan fingerprint density at radius 2 is 1.88 bits per heavy atom. The maximum absolute atomic E-state index is 13.3. The Kier molecular flexibility index (Phi) is 4.99. The summed E-state index contributed by atoms with van der Waals surface area (Å²) >= 11 is 0. The summed E-state index contributed by atoms with van der Waals surface area (Å²) in [6, 6.07) is 12.2. The average Bonchev–Trinajstić information content (AvgIpc) is 3.44. The molecule has 2 aromatic heterocycles. The van der Waals surface area contributed by atoms with Crippen molar-refractivity contribution in [1.29, 1.82) is 0 Å². The Balaban J connectivity index is 1.28. The van der Waals surface area contributed by atoms with E-state index in [-0.39, 0.29) is 23.9 Å². The van der Waals surface area contributed by atoms with Gasteiger partial charge in [-0.25, -0.2) is 14.4 Å². The second-order valence-corrected chi connectivity index (χ2v) is 9.54. The van der Waals surface area contributed by atoms with Crippen molar-refractivity contribution in [1.82, 2.24) is 15.3 Å². The standard InChI is InChI=1S/C26H26FN5O2/c27-18-4-2-17(3-5-18)26(11-12-26)31-25(34)16-1-10-21-22(15-16)32-14-13-28-24(32)23(30-21)29-19-6-8-20(33)9-7-19/h1-5,10,13-15,19-20,33H,6-9,11-12H2,(H2,29,30,31,34)/p+1. The van der Waals surface area contributed by atoms with Crippen molar-refractivity contribution in [2.24, 2.45) is 0 Å². The first kappa shape index (κ1) is 21.0. The van der Waals surface area contributed by atoms with E-state index in [2.05, 4.69) is 15.6 Å². The lowest BCUT2D eigenvalue weighted by Crippen LogP contribution is -2.35. The molecule has 0 atom stereocenters. The third kappa shape index (κ3) is 3.77. The van der Waals surface area contributed by atoms with Gasteiger partial charge in [0.2, 0.25) is 5.82 Å². The lowest BCUT2D eigenvalue weighted by Gasteiger charge is -2.26. The van der Waals surface area contributed by atoms with E-state index in [1.165, 1.54) is 12.1 Å². The summed E-state index contributed by atoms with van der Waals surface area (Å²) < 4.78 is 15.3. The molecule has 34 heavy (non-hydrogen) atoms. The molecule has 0 unspecified atom stereocenters. The second-order valence-electron chi connectivity index (χ2n) is 9.54. The molecular formula is C26H27FN5O2+. The summed E-state index contributed by atoms with van der Waals surface area (Å²) in [5.74, 6) is 0.329. The zero-order chi connectivity index (χ0) is 23.3. The minimum absolute atomic E-state index is 0.157. The highest BCUT2D eigenvalue weighted by Gasteiger charge is 2.45. The van der Waals surface area contributed by atoms with E-state index < -0.39 is 5.54 Å². The van der Waals surface area contributed by atoms with Gasteiger partial charge >= 0.3 is 5.65 Å². The number of halogens is 1. The molecule has 0 radical (unpaired) electrons. The zero-order valence-electron chi connectivity index (χ0n) is 18.7. The van der Waals surface area contributed by atoms with Crippen LogP contribution in [0.2, 0.25) is 0 Å². The van der Waals surface area contributed by atoms with Gasteiger partial charge in [-0.3, -0.25) is 4.79 Å². The fourth-order valence-electron chi connectivity index (χ4n) is 5.03. The summed E-state index contributed by atoms with van der Waals surface area (Å²) in [5.41, 5.74) is 3.52. The fraction of sp³-hybridized carbons (Fsp3) is 0.346. The van der Waals surface area contributed by atoms with Gasteiger partial charge in [0.25, 0.3) is 5.91 Å². The topological polar surface area (TPSA) is 94.1 Å². The van der Waals surface area contributed by atoms with Crippen LogP contribution in [0.1, 0.15) is 54.4 Å². The van der Waals surface area contributed by atoms with Gasteiger partial charge in [0.05, 0.1) is 11.6 Å². The molecule has 8 heteroatoms. The van der Waals surface area contributed by atoms with Crippen molar-refractivity contribution in [2.45, 2.75) is 56.2 Å². The van der Waals surface area contributed by atoms with E-state index in [0.717, 1.165) is 66.6 Å². The van der Waals surface area contributed by atoms with Crippen LogP contribution in [0, 0.1) is 5.82 Å². The molecule has 2 aliphatic rings. The zero-order valence-corrected chi connectivity index (χ0v) is 18.7. The first-order chi connectivity index (χ1) is 16.5. The number of aromatic nitrogens is 3. The number of aliphatic hydroxyl groups is 1. The van der Waals surface area contributed by atoms with Gasteiger partial charge in [0, 0.05) is 17.7 Å². The first-order valence-corrected chi connectivity index (χ1v) is 11.9. The molecule has 7 nitrogen and oxygen atoms in total. The number of fused-ring (bicyclic) bond motifs is 3. The average molecular weight is 461 g/mol. The molecule has 0 bridgehead atoms. The molecule has 4 aromatic rings. The number of carbonyl (C=O) groups excluding carboxylic acids is 1. The number of nitrogens with zero attached hydrogens (tertiary/aromatic N) is 2. The van der Waals surface area contributed by atoms with Gasteiger partial charge in [-0.1, -0.05) is 12.1 Å². The van der Waals surface area contributed by atoms with Crippen LogP contribution in [0.4, 0.5) is 10.2 Å². The predicted molar refractivity (Wildman–Crippen MR) is 126 cm³/mol. The number of H-pyrrole nitrogens is 1. The van der Waals surface area contributed by atoms with Crippen LogP contribution in [-0.4, -0.2) is 33.1 Å². The quantitative estimate of drug-likeness (QED) is 0.343. The van der Waals surface area contributed by atoms with Crippen LogP contribution < -0.4 is 15.0 Å². The first-order valence-electron chi connectivity index (χ1n) is 11.9. The lowest BCUT2D eigenvalue weighted by molar-refractivity contribution is -0.479. The van der Waals surface area contributed by atoms with Crippen LogP contribution in [-0.2, 0) is 5.54 Å². The molecule has 0 aliphatic heterocycles. The third-order valence-corrected chi connectivity index (χ3v) is 7.18. The van der Waals surface area contributed by atoms with Crippen LogP contribution in [0.5, 0.6) is 0 Å². The summed E-state index contributed by atoms with van der Waals surface area (Å²) in [7, 11) is 0. The van der Waals surface area contributed by atoms with Crippen molar-refractivity contribution >= 4 is 28.4 Å². The molecule has 2 heterocycles. The largest absolute Gasteiger partial charge is 0.393 e. The van der Waals surface area contributed by atoms with E-state index >= 15 is 0 Å². The molecule has 1 amide bonds. The van der Waals surface area contributed by atoms with E-state index in [4.69, 9.17) is 4.98 Å². The summed E-state index contributed by atoms with van der Waals surface area (Å²) in [6.45, 7) is 0. The number of rotatable bonds is 5. The minimum Gasteiger partial charge on any atom is -0.393 e. The van der Waals surface area contributed by atoms with E-state index in [1.807, 2.05) is 28.9 Å². The van der Waals surface area contributed by atoms with Gasteiger partial charge < -0.3 is 15.7 Å². The van der Waals surface area contributed by atoms with Crippen molar-refractivity contribution in [2.75, 3.05) is 5.32 Å². The van der Waals surface area contributed by atoms with Crippen molar-refractivity contribution < 1.29 is 18.7 Å². The Bertz CT molecular complexity index is 1370. The highest BCUT2D eigenvalue weighted by molar-refractivity contribution is 5.97. The molecule has 4 N–H and O–H groups in total. The summed E-state index contributed by atoms with van der Waals surface area (Å²) in [6.07, 6.45) is 8.65. The molecular weight excluding hydrogens is 433 g/mol. The number of imidazole rings is 1. The molecule has 6 rings (SSSR count). The smallest absolute Gasteiger partial charge is 0.328 e. The number of aliphatic hydroxyl groups excluding tert-OH is 1. The van der Waals surface area contributed by atoms with Crippen LogP contribution in [0.3, 0.4) is 0 Å². The minimum atomic E-state index is -0.421. The molecule has 174 valence electrons. The van der Waals surface area contributed by atoms with Gasteiger partial charge in [-0.2, -0.15) is 4.40 Å². The SMILES string of the molecule is O=C(NC1(c2ccc(F)cc2)CC1)c1ccc2nc(NC3CCC(O)CC3)c3[nH]cc[n+]3c2c1. The molecule has 2 aliphatic carbocycles. The number of nitrogens with one attached hydrogen (secondary N) is 3. The number of anilines is 1. The molecule has 2 fully saturated rings. The van der Waals surface area contributed by atoms with Crippen molar-refractivity contribution in [3.8, 4) is 0 Å². The molecule has 0 spiro atoms. The molecule has 0 saturated heterocycles. The third-order valence-electron chi connectivity index (χ3n) is 7.18. The summed E-state index contributed by atoms with van der Waals surface area (Å²) in [4.78, 5) is 21.3. The van der Waals surface area contributed by atoms with Crippen LogP contribution >= 0.6 is 0 Å². The number of aromatic amines is 1.